The molecule has 3 aromatic rings. The van der Waals surface area contributed by atoms with Crippen LogP contribution in [0.2, 0.25) is 0 Å². The summed E-state index contributed by atoms with van der Waals surface area (Å²) in [7, 11) is -9.23. The van der Waals surface area contributed by atoms with Gasteiger partial charge < -0.3 is 9.50 Å². The summed E-state index contributed by atoms with van der Waals surface area (Å²) in [5.74, 6) is -0.419. The highest BCUT2D eigenvalue weighted by Gasteiger charge is 2.48. The molecule has 0 unspecified atom stereocenters. The topological polar surface area (TPSA) is 115 Å². The lowest BCUT2D eigenvalue weighted by Crippen LogP contribution is -2.28. The molecule has 8 nitrogen and oxygen atoms in total. The standard InChI is InChI=1S/C16H12F3N3O5S2/c1-28(23,24)11-4-2-10(3-5-11)22-15-8-12-13(9-21-15)20-7-6-14(12)27-29(25,26)16(17,18)19/h2-9H,1H3,(H,21,22). The molecule has 2 heterocycles. The molecule has 1 N–H and O–H groups in total. The number of hydrogen-bond donors (Lipinski definition) is 1. The smallest absolute Gasteiger partial charge is 0.375 e. The molecular formula is C16H12F3N3O5S2. The first-order valence-corrected chi connectivity index (χ1v) is 11.0. The molecule has 13 heteroatoms. The molecular weight excluding hydrogens is 435 g/mol. The van der Waals surface area contributed by atoms with Crippen molar-refractivity contribution < 1.29 is 34.2 Å². The molecule has 0 amide bonds. The van der Waals surface area contributed by atoms with Crippen LogP contribution in [0.5, 0.6) is 5.75 Å². The third kappa shape index (κ3) is 4.56. The van der Waals surface area contributed by atoms with Crippen molar-refractivity contribution in [3.05, 3.63) is 48.8 Å². The summed E-state index contributed by atoms with van der Waals surface area (Å²) in [5.41, 5.74) is -5.03. The normalized spacial score (nSPS) is 12.7. The van der Waals surface area contributed by atoms with Crippen LogP contribution in [-0.2, 0) is 20.0 Å². The van der Waals surface area contributed by atoms with E-state index in [1.807, 2.05) is 0 Å². The van der Waals surface area contributed by atoms with Crippen molar-refractivity contribution in [2.75, 3.05) is 11.6 Å². The van der Waals surface area contributed by atoms with Crippen LogP contribution in [0.3, 0.4) is 0 Å². The molecule has 0 aliphatic heterocycles. The van der Waals surface area contributed by atoms with Crippen molar-refractivity contribution in [3.63, 3.8) is 0 Å². The van der Waals surface area contributed by atoms with Crippen LogP contribution in [0.1, 0.15) is 0 Å². The van der Waals surface area contributed by atoms with E-state index < -0.39 is 31.2 Å². The number of nitrogens with one attached hydrogen (secondary N) is 1. The first-order chi connectivity index (χ1) is 13.4. The van der Waals surface area contributed by atoms with E-state index in [0.717, 1.165) is 18.5 Å². The maximum Gasteiger partial charge on any atom is 0.534 e. The van der Waals surface area contributed by atoms with Gasteiger partial charge in [-0.25, -0.2) is 13.4 Å². The maximum absolute atomic E-state index is 12.6. The SMILES string of the molecule is CS(=O)(=O)c1ccc(Nc2cc3c(OS(=O)(=O)C(F)(F)F)ccnc3cn2)cc1. The monoisotopic (exact) mass is 447 g/mol. The number of anilines is 2. The van der Waals surface area contributed by atoms with Gasteiger partial charge in [-0.05, 0) is 30.3 Å². The lowest BCUT2D eigenvalue weighted by molar-refractivity contribution is -0.0499. The van der Waals surface area contributed by atoms with Gasteiger partial charge in [0.15, 0.2) is 15.6 Å². The average molecular weight is 447 g/mol. The molecule has 0 aliphatic rings. The minimum absolute atomic E-state index is 0.0226. The number of halogens is 3. The fourth-order valence-corrected chi connectivity index (χ4v) is 3.37. The maximum atomic E-state index is 12.6. The Morgan fingerprint density at radius 2 is 1.66 bits per heavy atom. The van der Waals surface area contributed by atoms with Gasteiger partial charge >= 0.3 is 15.6 Å². The minimum atomic E-state index is -5.86. The number of benzene rings is 1. The molecule has 154 valence electrons. The van der Waals surface area contributed by atoms with Gasteiger partial charge in [-0.3, -0.25) is 4.98 Å². The lowest BCUT2D eigenvalue weighted by Gasteiger charge is -2.12. The molecule has 0 spiro atoms. The van der Waals surface area contributed by atoms with Crippen LogP contribution < -0.4 is 9.50 Å². The molecule has 2 aromatic heterocycles. The number of fused-ring (bicyclic) bond motifs is 1. The van der Waals surface area contributed by atoms with E-state index >= 15 is 0 Å². The number of aromatic nitrogens is 2. The molecule has 0 bridgehead atoms. The van der Waals surface area contributed by atoms with E-state index in [2.05, 4.69) is 19.5 Å². The van der Waals surface area contributed by atoms with E-state index in [9.17, 15) is 30.0 Å². The van der Waals surface area contributed by atoms with Gasteiger partial charge in [0.2, 0.25) is 0 Å². The highest BCUT2D eigenvalue weighted by molar-refractivity contribution is 7.90. The predicted octanol–water partition coefficient (Wildman–Crippen LogP) is 3.01. The summed E-state index contributed by atoms with van der Waals surface area (Å²) in [6.45, 7) is 0. The molecule has 1 aromatic carbocycles. The van der Waals surface area contributed by atoms with Crippen molar-refractivity contribution in [3.8, 4) is 5.75 Å². The number of hydrogen-bond acceptors (Lipinski definition) is 8. The van der Waals surface area contributed by atoms with Crippen LogP contribution in [0.25, 0.3) is 10.9 Å². The zero-order valence-electron chi connectivity index (χ0n) is 14.5. The van der Waals surface area contributed by atoms with Crippen molar-refractivity contribution >= 4 is 42.4 Å². The Kier molecular flexibility index (Phi) is 5.13. The van der Waals surface area contributed by atoms with Crippen LogP contribution >= 0.6 is 0 Å². The summed E-state index contributed by atoms with van der Waals surface area (Å²) in [4.78, 5) is 8.05. The summed E-state index contributed by atoms with van der Waals surface area (Å²) in [6, 6.07) is 7.91. The Balaban J connectivity index is 1.95. The third-order valence-corrected chi connectivity index (χ3v) is 5.72. The van der Waals surface area contributed by atoms with E-state index in [1.54, 1.807) is 0 Å². The van der Waals surface area contributed by atoms with Gasteiger partial charge in [0.25, 0.3) is 0 Å². The minimum Gasteiger partial charge on any atom is -0.375 e. The lowest BCUT2D eigenvalue weighted by atomic mass is 10.2. The summed E-state index contributed by atoms with van der Waals surface area (Å²) in [6.07, 6.45) is 3.36. The Morgan fingerprint density at radius 1 is 1.00 bits per heavy atom. The van der Waals surface area contributed by atoms with Gasteiger partial charge in [0, 0.05) is 29.6 Å². The van der Waals surface area contributed by atoms with Crippen molar-refractivity contribution in [1.82, 2.24) is 9.97 Å². The van der Waals surface area contributed by atoms with Crippen molar-refractivity contribution in [2.45, 2.75) is 10.4 Å². The average Bonchev–Trinajstić information content (AvgIpc) is 2.61. The van der Waals surface area contributed by atoms with Gasteiger partial charge in [0.1, 0.15) is 5.82 Å². The number of sulfone groups is 1. The molecule has 0 radical (unpaired) electrons. The van der Waals surface area contributed by atoms with E-state index in [-0.39, 0.29) is 21.6 Å². The summed E-state index contributed by atoms with van der Waals surface area (Å²) >= 11 is 0. The molecule has 0 saturated heterocycles. The number of rotatable bonds is 5. The first kappa shape index (κ1) is 20.8. The number of pyridine rings is 2. The largest absolute Gasteiger partial charge is 0.534 e. The van der Waals surface area contributed by atoms with Gasteiger partial charge in [0.05, 0.1) is 16.6 Å². The highest BCUT2D eigenvalue weighted by atomic mass is 32.2. The Morgan fingerprint density at radius 3 is 2.24 bits per heavy atom. The zero-order valence-corrected chi connectivity index (χ0v) is 16.1. The summed E-state index contributed by atoms with van der Waals surface area (Å²) in [5, 5.41) is 2.81. The third-order valence-electron chi connectivity index (χ3n) is 3.63. The van der Waals surface area contributed by atoms with Gasteiger partial charge in [-0.2, -0.15) is 21.6 Å². The Hall–Kier alpha value is -2.93. The van der Waals surface area contributed by atoms with E-state index in [4.69, 9.17) is 0 Å². The molecule has 0 aliphatic carbocycles. The molecule has 3 rings (SSSR count). The fourth-order valence-electron chi connectivity index (χ4n) is 2.26. The fraction of sp³-hybridized carbons (Fsp3) is 0.125. The van der Waals surface area contributed by atoms with Crippen LogP contribution in [-0.4, -0.2) is 38.6 Å². The summed E-state index contributed by atoms with van der Waals surface area (Å²) < 4.78 is 87.6. The van der Waals surface area contributed by atoms with E-state index in [0.29, 0.717) is 5.69 Å². The van der Waals surface area contributed by atoms with Crippen LogP contribution in [0.4, 0.5) is 24.7 Å². The van der Waals surface area contributed by atoms with Crippen LogP contribution in [0.15, 0.2) is 53.7 Å². The second kappa shape index (κ2) is 7.15. The van der Waals surface area contributed by atoms with E-state index in [1.165, 1.54) is 36.5 Å². The van der Waals surface area contributed by atoms with Gasteiger partial charge in [-0.1, -0.05) is 0 Å². The number of alkyl halides is 3. The second-order valence-corrected chi connectivity index (χ2v) is 9.35. The predicted molar refractivity (Wildman–Crippen MR) is 98.0 cm³/mol. The molecule has 0 fully saturated rings. The van der Waals surface area contributed by atoms with Gasteiger partial charge in [-0.15, -0.1) is 0 Å². The first-order valence-electron chi connectivity index (χ1n) is 7.69. The quantitative estimate of drug-likeness (QED) is 0.469. The zero-order chi connectivity index (χ0) is 21.4. The van der Waals surface area contributed by atoms with Crippen molar-refractivity contribution in [2.24, 2.45) is 0 Å². The molecule has 29 heavy (non-hydrogen) atoms. The highest BCUT2D eigenvalue weighted by Crippen LogP contribution is 2.32. The number of nitrogens with zero attached hydrogens (tertiary/aromatic N) is 2. The molecule has 0 atom stereocenters. The van der Waals surface area contributed by atoms with Crippen molar-refractivity contribution in [1.29, 1.82) is 0 Å². The Bertz CT molecular complexity index is 1280. The Labute approximate surface area is 163 Å². The molecule has 0 saturated carbocycles. The van der Waals surface area contributed by atoms with Crippen LogP contribution in [0, 0.1) is 0 Å². The second-order valence-electron chi connectivity index (χ2n) is 5.80.